The van der Waals surface area contributed by atoms with Gasteiger partial charge in [-0.25, -0.2) is 17.5 Å². The predicted molar refractivity (Wildman–Crippen MR) is 128 cm³/mol. The first-order valence-corrected chi connectivity index (χ1v) is 13.5. The first kappa shape index (κ1) is 22.5. The van der Waals surface area contributed by atoms with Crippen molar-refractivity contribution in [1.82, 2.24) is 9.71 Å². The number of rotatable bonds is 9. The first-order chi connectivity index (χ1) is 17.0. The minimum absolute atomic E-state index is 0.0340. The number of hydrogen-bond donors (Lipinski definition) is 1. The molecule has 0 amide bonds. The maximum atomic E-state index is 13.0. The van der Waals surface area contributed by atoms with Crippen LogP contribution >= 0.6 is 0 Å². The van der Waals surface area contributed by atoms with E-state index in [9.17, 15) is 12.8 Å². The molecule has 0 radical (unpaired) electrons. The van der Waals surface area contributed by atoms with E-state index in [1.807, 2.05) is 6.07 Å². The molecule has 3 aliphatic rings. The summed E-state index contributed by atoms with van der Waals surface area (Å²) in [4.78, 5) is 4.17. The van der Waals surface area contributed by atoms with Crippen LogP contribution in [0.4, 0.5) is 4.39 Å². The van der Waals surface area contributed by atoms with Crippen molar-refractivity contribution in [3.05, 3.63) is 83.9 Å². The minimum Gasteiger partial charge on any atom is -0.490 e. The molecule has 3 aromatic rings. The van der Waals surface area contributed by atoms with Crippen LogP contribution in [0.15, 0.2) is 71.9 Å². The van der Waals surface area contributed by atoms with Crippen molar-refractivity contribution in [1.29, 1.82) is 0 Å². The number of ether oxygens (including phenoxy) is 2. The third-order valence-corrected chi connectivity index (χ3v) is 9.14. The van der Waals surface area contributed by atoms with Crippen LogP contribution in [-0.4, -0.2) is 32.7 Å². The summed E-state index contributed by atoms with van der Waals surface area (Å²) in [5.41, 5.74) is 2.68. The highest BCUT2D eigenvalue weighted by Gasteiger charge is 2.61. The summed E-state index contributed by atoms with van der Waals surface area (Å²) in [6.45, 7) is 0.789. The van der Waals surface area contributed by atoms with Gasteiger partial charge in [-0.05, 0) is 103 Å². The summed E-state index contributed by atoms with van der Waals surface area (Å²) in [6.07, 6.45) is 6.22. The van der Waals surface area contributed by atoms with Crippen molar-refractivity contribution < 1.29 is 22.3 Å². The quantitative estimate of drug-likeness (QED) is 0.449. The second kappa shape index (κ2) is 8.91. The fourth-order valence-electron chi connectivity index (χ4n) is 5.98. The molecule has 4 unspecified atom stereocenters. The molecular formula is C27H27FN2O4S. The Morgan fingerprint density at radius 2 is 1.71 bits per heavy atom. The molecule has 0 aliphatic heterocycles. The Labute approximate surface area is 204 Å². The molecule has 0 bridgehead atoms. The van der Waals surface area contributed by atoms with Crippen molar-refractivity contribution in [3.63, 3.8) is 0 Å². The molecule has 2 aromatic carbocycles. The van der Waals surface area contributed by atoms with Crippen LogP contribution in [0, 0.1) is 23.6 Å². The van der Waals surface area contributed by atoms with Crippen LogP contribution in [0.2, 0.25) is 0 Å². The number of nitrogens with zero attached hydrogens (tertiary/aromatic N) is 1. The van der Waals surface area contributed by atoms with Crippen molar-refractivity contribution in [2.75, 3.05) is 13.2 Å². The van der Waals surface area contributed by atoms with Crippen LogP contribution in [0.3, 0.4) is 0 Å². The SMILES string of the molecule is O=S(=O)(N[C@@H]1C2CCC(C3Cc4cc(OCCOc5ccc(F)cc5)ccc43)C21)c1cccnc1. The van der Waals surface area contributed by atoms with Crippen molar-refractivity contribution in [2.24, 2.45) is 17.8 Å². The van der Waals surface area contributed by atoms with Gasteiger partial charge in [0.05, 0.1) is 0 Å². The number of halogens is 1. The number of hydrogen-bond acceptors (Lipinski definition) is 5. The molecule has 35 heavy (non-hydrogen) atoms. The van der Waals surface area contributed by atoms with Gasteiger partial charge in [-0.1, -0.05) is 6.07 Å². The van der Waals surface area contributed by atoms with Gasteiger partial charge in [0.15, 0.2) is 0 Å². The van der Waals surface area contributed by atoms with Gasteiger partial charge < -0.3 is 9.47 Å². The Hall–Kier alpha value is -2.97. The molecule has 1 heterocycles. The molecule has 1 N–H and O–H groups in total. The molecule has 3 aliphatic carbocycles. The Kier molecular flexibility index (Phi) is 5.73. The van der Waals surface area contributed by atoms with E-state index < -0.39 is 10.0 Å². The van der Waals surface area contributed by atoms with Crippen LogP contribution < -0.4 is 14.2 Å². The smallest absolute Gasteiger partial charge is 0.242 e. The lowest BCUT2D eigenvalue weighted by Gasteiger charge is -2.36. The Morgan fingerprint density at radius 3 is 2.46 bits per heavy atom. The predicted octanol–water partition coefficient (Wildman–Crippen LogP) is 4.32. The third-order valence-electron chi connectivity index (χ3n) is 7.70. The van der Waals surface area contributed by atoms with Gasteiger partial charge in [0.25, 0.3) is 0 Å². The number of pyridine rings is 1. The topological polar surface area (TPSA) is 77.5 Å². The Bertz CT molecular complexity index is 1320. The molecule has 182 valence electrons. The van der Waals surface area contributed by atoms with E-state index >= 15 is 0 Å². The van der Waals surface area contributed by atoms with Gasteiger partial charge in [0.1, 0.15) is 35.4 Å². The fraction of sp³-hybridized carbons (Fsp3) is 0.370. The summed E-state index contributed by atoms with van der Waals surface area (Å²) < 4.78 is 52.8. The second-order valence-corrected chi connectivity index (χ2v) is 11.4. The van der Waals surface area contributed by atoms with Gasteiger partial charge in [-0.3, -0.25) is 4.98 Å². The number of benzene rings is 2. The zero-order valence-corrected chi connectivity index (χ0v) is 20.0. The summed E-state index contributed by atoms with van der Waals surface area (Å²) in [6, 6.07) is 15.5. The van der Waals surface area contributed by atoms with E-state index in [-0.39, 0.29) is 16.8 Å². The molecule has 6 nitrogen and oxygen atoms in total. The minimum atomic E-state index is -3.53. The first-order valence-electron chi connectivity index (χ1n) is 12.1. The van der Waals surface area contributed by atoms with E-state index in [4.69, 9.17) is 9.47 Å². The van der Waals surface area contributed by atoms with Gasteiger partial charge >= 0.3 is 0 Å². The number of fused-ring (bicyclic) bond motifs is 2. The van der Waals surface area contributed by atoms with Crippen molar-refractivity contribution in [2.45, 2.75) is 36.1 Å². The summed E-state index contributed by atoms with van der Waals surface area (Å²) >= 11 is 0. The van der Waals surface area contributed by atoms with Crippen molar-refractivity contribution >= 4 is 10.0 Å². The molecule has 0 spiro atoms. The third kappa shape index (κ3) is 4.41. The van der Waals surface area contributed by atoms with Crippen LogP contribution in [0.5, 0.6) is 11.5 Å². The van der Waals surface area contributed by atoms with Gasteiger partial charge in [-0.2, -0.15) is 0 Å². The van der Waals surface area contributed by atoms with Gasteiger partial charge in [0.2, 0.25) is 10.0 Å². The Morgan fingerprint density at radius 1 is 0.971 bits per heavy atom. The average molecular weight is 495 g/mol. The highest BCUT2D eigenvalue weighted by molar-refractivity contribution is 7.89. The Balaban J connectivity index is 1.02. The van der Waals surface area contributed by atoms with E-state index in [0.29, 0.717) is 42.6 Å². The molecule has 1 aromatic heterocycles. The average Bonchev–Trinajstić information content (AvgIpc) is 3.32. The van der Waals surface area contributed by atoms with E-state index in [0.717, 1.165) is 25.0 Å². The molecule has 8 heteroatoms. The zero-order valence-electron chi connectivity index (χ0n) is 19.1. The zero-order chi connectivity index (χ0) is 24.0. The number of aromatic nitrogens is 1. The molecular weight excluding hydrogens is 467 g/mol. The lowest BCUT2D eigenvalue weighted by atomic mass is 9.69. The second-order valence-electron chi connectivity index (χ2n) is 9.64. The highest BCUT2D eigenvalue weighted by atomic mass is 32.2. The maximum absolute atomic E-state index is 13.0. The molecule has 0 saturated heterocycles. The maximum Gasteiger partial charge on any atom is 0.242 e. The monoisotopic (exact) mass is 494 g/mol. The van der Waals surface area contributed by atoms with E-state index in [2.05, 4.69) is 21.8 Å². The largest absolute Gasteiger partial charge is 0.490 e. The normalized spacial score (nSPS) is 26.4. The van der Waals surface area contributed by atoms with E-state index in [1.54, 1.807) is 30.5 Å². The summed E-state index contributed by atoms with van der Waals surface area (Å²) in [5, 5.41) is 0. The lowest BCUT2D eigenvalue weighted by molar-refractivity contribution is 0.216. The molecule has 2 fully saturated rings. The number of sulfonamides is 1. The van der Waals surface area contributed by atoms with Crippen molar-refractivity contribution in [3.8, 4) is 11.5 Å². The standard InChI is InChI=1S/C27H27FN2O4S/c28-18-3-5-19(6-4-18)33-12-13-34-20-7-8-22-17(14-20)15-25(22)23-9-10-24-26(23)27(24)30-35(31,32)21-2-1-11-29-16-21/h1-8,11,14,16,23-27,30H,9-10,12-13,15H2/t23?,24?,25?,26?,27-/m1/s1. The van der Waals surface area contributed by atoms with Crippen LogP contribution in [0.25, 0.3) is 0 Å². The highest BCUT2D eigenvalue weighted by Crippen LogP contribution is 2.62. The molecule has 2 saturated carbocycles. The summed E-state index contributed by atoms with van der Waals surface area (Å²) in [7, 11) is -3.53. The van der Waals surface area contributed by atoms with Gasteiger partial charge in [0, 0.05) is 18.4 Å². The molecule has 5 atom stereocenters. The van der Waals surface area contributed by atoms with Gasteiger partial charge in [-0.15, -0.1) is 0 Å². The summed E-state index contributed by atoms with van der Waals surface area (Å²) in [5.74, 6) is 3.02. The fourth-order valence-corrected chi connectivity index (χ4v) is 7.26. The van der Waals surface area contributed by atoms with E-state index in [1.165, 1.54) is 29.5 Å². The lowest BCUT2D eigenvalue weighted by Crippen LogP contribution is -2.32. The molecule has 6 rings (SSSR count). The van der Waals surface area contributed by atoms with Crippen LogP contribution in [0.1, 0.15) is 29.9 Å². The number of nitrogens with one attached hydrogen (secondary N) is 1. The van der Waals surface area contributed by atoms with Crippen LogP contribution in [-0.2, 0) is 16.4 Å².